The molecule has 90 valence electrons. The molecule has 0 saturated heterocycles. The van der Waals surface area contributed by atoms with Gasteiger partial charge in [0.05, 0.1) is 0 Å². The Morgan fingerprint density at radius 3 is 2.76 bits per heavy atom. The lowest BCUT2D eigenvalue weighted by molar-refractivity contribution is 0.608. The summed E-state index contributed by atoms with van der Waals surface area (Å²) < 4.78 is 3.21. The number of hydrogen-bond donors (Lipinski definition) is 1. The van der Waals surface area contributed by atoms with Crippen molar-refractivity contribution in [2.24, 2.45) is 0 Å². The summed E-state index contributed by atoms with van der Waals surface area (Å²) in [5.41, 5.74) is 2.26. The van der Waals surface area contributed by atoms with Crippen LogP contribution in [0.1, 0.15) is 25.5 Å². The van der Waals surface area contributed by atoms with E-state index in [1.807, 2.05) is 12.4 Å². The van der Waals surface area contributed by atoms with Gasteiger partial charge in [-0.05, 0) is 38.5 Å². The largest absolute Gasteiger partial charge is 0.326 e. The normalized spacial score (nSPS) is 10.9. The van der Waals surface area contributed by atoms with Gasteiger partial charge in [-0.1, -0.05) is 22.0 Å². The lowest BCUT2D eigenvalue weighted by atomic mass is 10.2. The Bertz CT molecular complexity index is 517. The minimum atomic E-state index is 0.397. The van der Waals surface area contributed by atoms with Gasteiger partial charge in [0, 0.05) is 28.6 Å². The summed E-state index contributed by atoms with van der Waals surface area (Å²) in [6.45, 7) is 6.35. The molecule has 0 atom stereocenters. The van der Waals surface area contributed by atoms with Crippen molar-refractivity contribution in [1.82, 2.24) is 9.55 Å². The average Bonchev–Trinajstić information content (AvgIpc) is 2.72. The molecule has 1 aromatic heterocycles. The molecule has 0 radical (unpaired) electrons. The van der Waals surface area contributed by atoms with Gasteiger partial charge in [-0.2, -0.15) is 0 Å². The van der Waals surface area contributed by atoms with E-state index in [1.165, 1.54) is 5.56 Å². The molecule has 1 N–H and O–H groups in total. The van der Waals surface area contributed by atoms with E-state index in [1.54, 1.807) is 0 Å². The first kappa shape index (κ1) is 12.2. The fraction of sp³-hybridized carbons (Fsp3) is 0.308. The maximum Gasteiger partial charge on any atom is 0.207 e. The number of aromatic nitrogens is 2. The maximum atomic E-state index is 4.32. The lowest BCUT2D eigenvalue weighted by Gasteiger charge is -2.13. The van der Waals surface area contributed by atoms with Crippen LogP contribution in [0.2, 0.25) is 0 Å². The molecule has 0 amide bonds. The summed E-state index contributed by atoms with van der Waals surface area (Å²) in [6, 6.07) is 6.59. The van der Waals surface area contributed by atoms with Gasteiger partial charge in [0.25, 0.3) is 0 Å². The third kappa shape index (κ3) is 2.69. The molecule has 1 heterocycles. The van der Waals surface area contributed by atoms with E-state index in [-0.39, 0.29) is 0 Å². The van der Waals surface area contributed by atoms with Crippen molar-refractivity contribution in [2.75, 3.05) is 5.32 Å². The van der Waals surface area contributed by atoms with Crippen molar-refractivity contribution in [3.63, 3.8) is 0 Å². The van der Waals surface area contributed by atoms with E-state index in [2.05, 4.69) is 69.8 Å². The Morgan fingerprint density at radius 2 is 2.12 bits per heavy atom. The molecule has 3 nitrogen and oxygen atoms in total. The first-order valence-electron chi connectivity index (χ1n) is 5.64. The Balaban J connectivity index is 2.25. The van der Waals surface area contributed by atoms with Crippen LogP contribution < -0.4 is 5.32 Å². The second kappa shape index (κ2) is 4.92. The van der Waals surface area contributed by atoms with E-state index in [9.17, 15) is 0 Å². The molecule has 4 heteroatoms. The minimum Gasteiger partial charge on any atom is -0.326 e. The summed E-state index contributed by atoms with van der Waals surface area (Å²) in [5, 5.41) is 3.32. The van der Waals surface area contributed by atoms with Gasteiger partial charge >= 0.3 is 0 Å². The van der Waals surface area contributed by atoms with Gasteiger partial charge < -0.3 is 9.88 Å². The monoisotopic (exact) mass is 293 g/mol. The summed E-state index contributed by atoms with van der Waals surface area (Å²) >= 11 is 3.53. The van der Waals surface area contributed by atoms with Crippen LogP contribution in [-0.2, 0) is 0 Å². The highest BCUT2D eigenvalue weighted by Gasteiger charge is 2.06. The van der Waals surface area contributed by atoms with Gasteiger partial charge in [0.1, 0.15) is 0 Å². The molecule has 0 aliphatic heterocycles. The van der Waals surface area contributed by atoms with Crippen LogP contribution in [0, 0.1) is 6.92 Å². The predicted molar refractivity (Wildman–Crippen MR) is 74.8 cm³/mol. The second-order valence-electron chi connectivity index (χ2n) is 4.34. The van der Waals surface area contributed by atoms with Crippen molar-refractivity contribution in [2.45, 2.75) is 26.8 Å². The SMILES string of the molecule is Cc1ccc(Nc2nccn2C(C)C)cc1Br. The van der Waals surface area contributed by atoms with E-state index in [0.29, 0.717) is 6.04 Å². The lowest BCUT2D eigenvalue weighted by Crippen LogP contribution is -2.05. The summed E-state index contributed by atoms with van der Waals surface area (Å²) in [7, 11) is 0. The standard InChI is InChI=1S/C13H16BrN3/c1-9(2)17-7-6-15-13(17)16-11-5-4-10(3)12(14)8-11/h4-9H,1-3H3,(H,15,16). The smallest absolute Gasteiger partial charge is 0.207 e. The first-order valence-corrected chi connectivity index (χ1v) is 6.43. The third-order valence-corrected chi connectivity index (χ3v) is 3.51. The number of hydrogen-bond acceptors (Lipinski definition) is 2. The topological polar surface area (TPSA) is 29.9 Å². The number of anilines is 2. The van der Waals surface area contributed by atoms with Crippen LogP contribution >= 0.6 is 15.9 Å². The molecule has 17 heavy (non-hydrogen) atoms. The minimum absolute atomic E-state index is 0.397. The highest BCUT2D eigenvalue weighted by Crippen LogP contribution is 2.24. The van der Waals surface area contributed by atoms with Crippen LogP contribution in [0.25, 0.3) is 0 Å². The van der Waals surface area contributed by atoms with Crippen molar-refractivity contribution < 1.29 is 0 Å². The molecular weight excluding hydrogens is 278 g/mol. The van der Waals surface area contributed by atoms with Gasteiger partial charge in [0.15, 0.2) is 0 Å². The number of nitrogens with zero attached hydrogens (tertiary/aromatic N) is 2. The Labute approximate surface area is 110 Å². The Morgan fingerprint density at radius 1 is 1.35 bits per heavy atom. The quantitative estimate of drug-likeness (QED) is 0.915. The number of imidazole rings is 1. The van der Waals surface area contributed by atoms with Gasteiger partial charge in [0.2, 0.25) is 5.95 Å². The number of halogens is 1. The highest BCUT2D eigenvalue weighted by molar-refractivity contribution is 9.10. The van der Waals surface area contributed by atoms with Crippen LogP contribution in [0.4, 0.5) is 11.6 Å². The number of rotatable bonds is 3. The molecule has 0 spiro atoms. The van der Waals surface area contributed by atoms with E-state index in [4.69, 9.17) is 0 Å². The van der Waals surface area contributed by atoms with Crippen molar-refractivity contribution in [1.29, 1.82) is 0 Å². The highest BCUT2D eigenvalue weighted by atomic mass is 79.9. The van der Waals surface area contributed by atoms with E-state index in [0.717, 1.165) is 16.1 Å². The second-order valence-corrected chi connectivity index (χ2v) is 5.20. The Hall–Kier alpha value is -1.29. The molecule has 0 aliphatic rings. The predicted octanol–water partition coefficient (Wildman–Crippen LogP) is 4.28. The molecule has 0 bridgehead atoms. The van der Waals surface area contributed by atoms with Crippen LogP contribution in [0.5, 0.6) is 0 Å². The van der Waals surface area contributed by atoms with Gasteiger partial charge in [-0.15, -0.1) is 0 Å². The summed E-state index contributed by atoms with van der Waals surface area (Å²) in [4.78, 5) is 4.32. The fourth-order valence-corrected chi connectivity index (χ4v) is 2.01. The zero-order chi connectivity index (χ0) is 12.4. The molecule has 0 aliphatic carbocycles. The zero-order valence-corrected chi connectivity index (χ0v) is 11.8. The van der Waals surface area contributed by atoms with Gasteiger partial charge in [-0.3, -0.25) is 0 Å². The molecule has 2 aromatic rings. The zero-order valence-electron chi connectivity index (χ0n) is 10.2. The third-order valence-electron chi connectivity index (χ3n) is 2.65. The van der Waals surface area contributed by atoms with Crippen LogP contribution in [0.15, 0.2) is 35.1 Å². The molecule has 0 fully saturated rings. The fourth-order valence-electron chi connectivity index (χ4n) is 1.63. The average molecular weight is 294 g/mol. The first-order chi connectivity index (χ1) is 8.08. The van der Waals surface area contributed by atoms with Crippen LogP contribution in [-0.4, -0.2) is 9.55 Å². The van der Waals surface area contributed by atoms with E-state index >= 15 is 0 Å². The van der Waals surface area contributed by atoms with Crippen molar-refractivity contribution >= 4 is 27.6 Å². The number of benzene rings is 1. The van der Waals surface area contributed by atoms with Crippen molar-refractivity contribution in [3.05, 3.63) is 40.6 Å². The molecular formula is C13H16BrN3. The van der Waals surface area contributed by atoms with Crippen LogP contribution in [0.3, 0.4) is 0 Å². The molecule has 0 saturated carbocycles. The molecule has 1 aromatic carbocycles. The molecule has 2 rings (SSSR count). The summed E-state index contributed by atoms with van der Waals surface area (Å²) in [5.74, 6) is 0.871. The van der Waals surface area contributed by atoms with Crippen molar-refractivity contribution in [3.8, 4) is 0 Å². The van der Waals surface area contributed by atoms with Gasteiger partial charge in [-0.25, -0.2) is 4.98 Å². The van der Waals surface area contributed by atoms with E-state index < -0.39 is 0 Å². The Kier molecular flexibility index (Phi) is 3.52. The number of nitrogens with one attached hydrogen (secondary N) is 1. The molecule has 0 unspecified atom stereocenters. The number of aryl methyl sites for hydroxylation is 1. The summed E-state index contributed by atoms with van der Waals surface area (Å²) in [6.07, 6.45) is 3.79. The maximum absolute atomic E-state index is 4.32.